The quantitative estimate of drug-likeness (QED) is 0.820. The van der Waals surface area contributed by atoms with Crippen LogP contribution in [0.15, 0.2) is 0 Å². The van der Waals surface area contributed by atoms with Gasteiger partial charge in [-0.2, -0.15) is 0 Å². The maximum atomic E-state index is 12.1. The molecule has 1 amide bonds. The van der Waals surface area contributed by atoms with E-state index in [2.05, 4.69) is 51.6 Å². The van der Waals surface area contributed by atoms with Crippen molar-refractivity contribution in [1.29, 1.82) is 0 Å². The molecule has 96 valence electrons. The summed E-state index contributed by atoms with van der Waals surface area (Å²) >= 11 is 4.59. The number of rotatable bonds is 6. The summed E-state index contributed by atoms with van der Waals surface area (Å²) in [4.78, 5) is 12.7. The van der Waals surface area contributed by atoms with Crippen molar-refractivity contribution in [2.75, 3.05) is 5.33 Å². The number of aromatic nitrogens is 2. The third-order valence-electron chi connectivity index (χ3n) is 2.54. The molecule has 17 heavy (non-hydrogen) atoms. The first-order chi connectivity index (χ1) is 8.10. The van der Waals surface area contributed by atoms with Crippen molar-refractivity contribution in [3.63, 3.8) is 0 Å². The van der Waals surface area contributed by atoms with Crippen LogP contribution in [0.2, 0.25) is 0 Å². The Kier molecular flexibility index (Phi) is 6.05. The highest BCUT2D eigenvalue weighted by Crippen LogP contribution is 2.14. The average Bonchev–Trinajstić information content (AvgIpc) is 2.74. The molecule has 0 saturated heterocycles. The summed E-state index contributed by atoms with van der Waals surface area (Å²) in [6.45, 7) is 6.24. The molecule has 1 aromatic heterocycles. The summed E-state index contributed by atoms with van der Waals surface area (Å²) < 4.78 is 3.86. The van der Waals surface area contributed by atoms with E-state index in [0.29, 0.717) is 10.8 Å². The van der Waals surface area contributed by atoms with Gasteiger partial charge in [-0.05, 0) is 23.9 Å². The summed E-state index contributed by atoms with van der Waals surface area (Å²) in [5.41, 5.74) is 0.812. The number of hydrogen-bond donors (Lipinski definition) is 1. The second kappa shape index (κ2) is 7.06. The number of alkyl halides is 1. The highest BCUT2D eigenvalue weighted by molar-refractivity contribution is 9.09. The normalized spacial score (nSPS) is 12.8. The number of nitrogens with zero attached hydrogens (tertiary/aromatic N) is 2. The van der Waals surface area contributed by atoms with Crippen molar-refractivity contribution in [1.82, 2.24) is 14.9 Å². The standard InChI is InChI=1S/C11H18BrN3OS/c1-4-5-8-10(17-15-14-8)11(16)13-9(6-12)7(2)3/h7,9H,4-6H2,1-3H3,(H,13,16). The van der Waals surface area contributed by atoms with Crippen LogP contribution in [0.5, 0.6) is 0 Å². The molecule has 0 bridgehead atoms. The Bertz CT molecular complexity index is 367. The van der Waals surface area contributed by atoms with Crippen molar-refractivity contribution in [3.05, 3.63) is 10.6 Å². The largest absolute Gasteiger partial charge is 0.347 e. The molecule has 6 heteroatoms. The maximum absolute atomic E-state index is 12.1. The van der Waals surface area contributed by atoms with Gasteiger partial charge in [0, 0.05) is 11.4 Å². The van der Waals surface area contributed by atoms with E-state index in [9.17, 15) is 4.79 Å². The van der Waals surface area contributed by atoms with Crippen molar-refractivity contribution >= 4 is 33.4 Å². The molecule has 0 aliphatic carbocycles. The number of hydrogen-bond acceptors (Lipinski definition) is 4. The van der Waals surface area contributed by atoms with E-state index >= 15 is 0 Å². The molecular weight excluding hydrogens is 302 g/mol. The van der Waals surface area contributed by atoms with Crippen molar-refractivity contribution in [2.24, 2.45) is 5.92 Å². The molecule has 0 fully saturated rings. The van der Waals surface area contributed by atoms with Gasteiger partial charge < -0.3 is 5.32 Å². The second-order valence-corrected chi connectivity index (χ2v) is 5.68. The van der Waals surface area contributed by atoms with Gasteiger partial charge in [0.25, 0.3) is 5.91 Å². The van der Waals surface area contributed by atoms with E-state index in [1.807, 2.05) is 0 Å². The monoisotopic (exact) mass is 319 g/mol. The summed E-state index contributed by atoms with van der Waals surface area (Å²) in [6, 6.07) is 0.138. The molecule has 0 aliphatic heterocycles. The number of nitrogens with one attached hydrogen (secondary N) is 1. The van der Waals surface area contributed by atoms with Crippen molar-refractivity contribution in [2.45, 2.75) is 39.7 Å². The molecule has 0 saturated carbocycles. The minimum Gasteiger partial charge on any atom is -0.347 e. The molecule has 0 radical (unpaired) electrons. The predicted octanol–water partition coefficient (Wildman–Crippen LogP) is 2.64. The van der Waals surface area contributed by atoms with Crippen LogP contribution in [0.4, 0.5) is 0 Å². The summed E-state index contributed by atoms with van der Waals surface area (Å²) in [5.74, 6) is 0.343. The smallest absolute Gasteiger partial charge is 0.265 e. The van der Waals surface area contributed by atoms with E-state index in [0.717, 1.165) is 23.9 Å². The maximum Gasteiger partial charge on any atom is 0.265 e. The fraction of sp³-hybridized carbons (Fsp3) is 0.727. The number of halogens is 1. The predicted molar refractivity (Wildman–Crippen MR) is 73.8 cm³/mol. The number of carbonyl (C=O) groups is 1. The fourth-order valence-electron chi connectivity index (χ4n) is 1.40. The van der Waals surface area contributed by atoms with Crippen molar-refractivity contribution < 1.29 is 4.79 Å². The molecule has 1 heterocycles. The Labute approximate surface area is 114 Å². The Morgan fingerprint density at radius 2 is 2.24 bits per heavy atom. The van der Waals surface area contributed by atoms with Crippen LogP contribution >= 0.6 is 27.5 Å². The average molecular weight is 320 g/mol. The molecule has 1 aromatic rings. The molecule has 4 nitrogen and oxygen atoms in total. The first-order valence-electron chi connectivity index (χ1n) is 5.78. The van der Waals surface area contributed by atoms with Crippen LogP contribution in [0.1, 0.15) is 42.6 Å². The molecule has 1 N–H and O–H groups in total. The first kappa shape index (κ1) is 14.6. The fourth-order valence-corrected chi connectivity index (χ4v) is 2.92. The first-order valence-corrected chi connectivity index (χ1v) is 7.67. The number of aryl methyl sites for hydroxylation is 1. The van der Waals surface area contributed by atoms with E-state index in [4.69, 9.17) is 0 Å². The van der Waals surface area contributed by atoms with Gasteiger partial charge in [0.05, 0.1) is 5.69 Å². The van der Waals surface area contributed by atoms with Crippen LogP contribution in [0.3, 0.4) is 0 Å². The third kappa shape index (κ3) is 4.03. The van der Waals surface area contributed by atoms with Crippen LogP contribution in [-0.2, 0) is 6.42 Å². The molecule has 1 atom stereocenters. The number of amides is 1. The summed E-state index contributed by atoms with van der Waals surface area (Å²) in [6.07, 6.45) is 1.78. The molecule has 0 aromatic carbocycles. The molecule has 1 rings (SSSR count). The molecule has 1 unspecified atom stereocenters. The van der Waals surface area contributed by atoms with E-state index in [1.54, 1.807) is 0 Å². The minimum absolute atomic E-state index is 0.0541. The Morgan fingerprint density at radius 1 is 1.53 bits per heavy atom. The lowest BCUT2D eigenvalue weighted by Gasteiger charge is -2.19. The topological polar surface area (TPSA) is 54.9 Å². The van der Waals surface area contributed by atoms with Gasteiger partial charge in [-0.15, -0.1) is 5.10 Å². The van der Waals surface area contributed by atoms with Crippen LogP contribution < -0.4 is 5.32 Å². The van der Waals surface area contributed by atoms with E-state index < -0.39 is 0 Å². The van der Waals surface area contributed by atoms with Crippen LogP contribution in [0.25, 0.3) is 0 Å². The van der Waals surface area contributed by atoms with Gasteiger partial charge in [0.2, 0.25) is 0 Å². The lowest BCUT2D eigenvalue weighted by molar-refractivity contribution is 0.0934. The van der Waals surface area contributed by atoms with Crippen LogP contribution in [0, 0.1) is 5.92 Å². The zero-order chi connectivity index (χ0) is 12.8. The highest BCUT2D eigenvalue weighted by atomic mass is 79.9. The lowest BCUT2D eigenvalue weighted by atomic mass is 10.1. The zero-order valence-corrected chi connectivity index (χ0v) is 12.8. The van der Waals surface area contributed by atoms with Gasteiger partial charge in [0.1, 0.15) is 4.88 Å². The van der Waals surface area contributed by atoms with Gasteiger partial charge in [0.15, 0.2) is 0 Å². The Morgan fingerprint density at radius 3 is 2.76 bits per heavy atom. The summed E-state index contributed by atoms with van der Waals surface area (Å²) in [7, 11) is 0. The molecular formula is C11H18BrN3OS. The van der Waals surface area contributed by atoms with Crippen molar-refractivity contribution in [3.8, 4) is 0 Å². The van der Waals surface area contributed by atoms with Gasteiger partial charge in [-0.25, -0.2) is 0 Å². The third-order valence-corrected chi connectivity index (χ3v) is 4.00. The summed E-state index contributed by atoms with van der Waals surface area (Å²) in [5, 5.41) is 7.77. The molecule has 0 spiro atoms. The molecule has 0 aliphatic rings. The van der Waals surface area contributed by atoms with Gasteiger partial charge >= 0.3 is 0 Å². The zero-order valence-electron chi connectivity index (χ0n) is 10.4. The van der Waals surface area contributed by atoms with Crippen LogP contribution in [-0.4, -0.2) is 26.9 Å². The minimum atomic E-state index is -0.0541. The highest BCUT2D eigenvalue weighted by Gasteiger charge is 2.20. The van der Waals surface area contributed by atoms with E-state index in [1.165, 1.54) is 11.5 Å². The second-order valence-electron chi connectivity index (χ2n) is 4.28. The van der Waals surface area contributed by atoms with Gasteiger partial charge in [-0.1, -0.05) is 47.6 Å². The van der Waals surface area contributed by atoms with E-state index in [-0.39, 0.29) is 11.9 Å². The Balaban J connectivity index is 2.71. The Hall–Kier alpha value is -0.490. The van der Waals surface area contributed by atoms with Gasteiger partial charge in [-0.3, -0.25) is 4.79 Å². The number of carbonyl (C=O) groups excluding carboxylic acids is 1. The lowest BCUT2D eigenvalue weighted by Crippen LogP contribution is -2.39. The SMILES string of the molecule is CCCc1nnsc1C(=O)NC(CBr)C(C)C.